The Morgan fingerprint density at radius 3 is 2.59 bits per heavy atom. The molecule has 2 N–H and O–H groups in total. The zero-order valence-corrected chi connectivity index (χ0v) is 20.8. The maximum absolute atomic E-state index is 13.6. The lowest BCUT2D eigenvalue weighted by Crippen LogP contribution is -2.46. The van der Waals surface area contributed by atoms with E-state index in [1.165, 1.54) is 19.2 Å². The van der Waals surface area contributed by atoms with E-state index in [4.69, 9.17) is 4.74 Å². The summed E-state index contributed by atoms with van der Waals surface area (Å²) in [6.45, 7) is 1.57. The van der Waals surface area contributed by atoms with Gasteiger partial charge in [-0.25, -0.2) is 18.9 Å². The highest BCUT2D eigenvalue weighted by Gasteiger charge is 2.58. The predicted octanol–water partition coefficient (Wildman–Crippen LogP) is 3.84. The zero-order valence-electron chi connectivity index (χ0n) is 20.8. The first-order valence-corrected chi connectivity index (χ1v) is 12.5. The number of aryl methyl sites for hydroxylation is 1. The molecule has 1 aliphatic carbocycles. The number of likely N-dealkylation sites (tertiary alicyclic amines) is 1. The van der Waals surface area contributed by atoms with Crippen LogP contribution in [0, 0.1) is 5.82 Å². The second-order valence-electron chi connectivity index (χ2n) is 9.67. The van der Waals surface area contributed by atoms with E-state index < -0.39 is 24.1 Å². The fourth-order valence-electron chi connectivity index (χ4n) is 5.81. The standard InChI is InChI=1S/C27H29FN4O5/c1-3-20-9-11-22(16-4-6-18(28)7-5-16)32(20)23(33)15-31-24(34)27(37-26(31)36)13-12-17-14-19(8-10-21(17)27)30-25(35)29-2/h4-8,10,14,20,22H,3,9,11-13,15H2,1-2H3,(H2,29,30,35)/t20-,22+,27?/m0/s1. The highest BCUT2D eigenvalue weighted by atomic mass is 19.1. The first kappa shape index (κ1) is 24.7. The SMILES string of the molecule is CC[C@H]1CC[C@H](c2ccc(F)cc2)N1C(=O)CN1C(=O)OC2(CCc3cc(NC(=O)NC)ccc32)C1=O. The Labute approximate surface area is 213 Å². The van der Waals surface area contributed by atoms with Crippen LogP contribution in [0.25, 0.3) is 0 Å². The molecule has 1 spiro atoms. The minimum absolute atomic E-state index is 0.0383. The van der Waals surface area contributed by atoms with Crippen LogP contribution in [0.5, 0.6) is 0 Å². The number of nitrogens with one attached hydrogen (secondary N) is 2. The van der Waals surface area contributed by atoms with Crippen LogP contribution in [0.3, 0.4) is 0 Å². The van der Waals surface area contributed by atoms with Crippen LogP contribution in [0.4, 0.5) is 19.7 Å². The van der Waals surface area contributed by atoms with Gasteiger partial charge < -0.3 is 20.3 Å². The van der Waals surface area contributed by atoms with Crippen LogP contribution in [-0.2, 0) is 26.3 Å². The lowest BCUT2D eigenvalue weighted by Gasteiger charge is -2.31. The summed E-state index contributed by atoms with van der Waals surface area (Å²) in [6, 6.07) is 10.5. The Bertz CT molecular complexity index is 1270. The summed E-state index contributed by atoms with van der Waals surface area (Å²) < 4.78 is 19.1. The van der Waals surface area contributed by atoms with E-state index in [-0.39, 0.29) is 36.3 Å². The molecule has 0 aromatic heterocycles. The second kappa shape index (κ2) is 9.49. The molecule has 2 aromatic rings. The van der Waals surface area contributed by atoms with Crippen molar-refractivity contribution in [1.82, 2.24) is 15.1 Å². The van der Waals surface area contributed by atoms with Crippen LogP contribution < -0.4 is 10.6 Å². The Balaban J connectivity index is 1.36. The highest BCUT2D eigenvalue weighted by molar-refractivity contribution is 6.06. The summed E-state index contributed by atoms with van der Waals surface area (Å²) in [5.41, 5.74) is 1.28. The second-order valence-corrected chi connectivity index (χ2v) is 9.67. The van der Waals surface area contributed by atoms with Gasteiger partial charge in [-0.05, 0) is 61.1 Å². The number of carbonyl (C=O) groups is 4. The van der Waals surface area contributed by atoms with Crippen molar-refractivity contribution in [3.05, 3.63) is 65.0 Å². The molecule has 0 bridgehead atoms. The third kappa shape index (κ3) is 4.20. The molecule has 2 heterocycles. The molecule has 10 heteroatoms. The van der Waals surface area contributed by atoms with E-state index in [1.807, 2.05) is 6.92 Å². The van der Waals surface area contributed by atoms with Crippen molar-refractivity contribution in [1.29, 1.82) is 0 Å². The number of fused-ring (bicyclic) bond motifs is 2. The van der Waals surface area contributed by atoms with Gasteiger partial charge in [0.1, 0.15) is 12.4 Å². The zero-order chi connectivity index (χ0) is 26.3. The van der Waals surface area contributed by atoms with Gasteiger partial charge >= 0.3 is 12.1 Å². The molecule has 1 unspecified atom stereocenters. The Morgan fingerprint density at radius 2 is 1.89 bits per heavy atom. The molecule has 37 heavy (non-hydrogen) atoms. The summed E-state index contributed by atoms with van der Waals surface area (Å²) in [5, 5.41) is 5.17. The molecule has 2 aliphatic heterocycles. The lowest BCUT2D eigenvalue weighted by atomic mass is 9.94. The molecule has 5 amide bonds. The number of hydrogen-bond acceptors (Lipinski definition) is 5. The van der Waals surface area contributed by atoms with E-state index in [0.717, 1.165) is 35.3 Å². The fourth-order valence-corrected chi connectivity index (χ4v) is 5.81. The van der Waals surface area contributed by atoms with Gasteiger partial charge in [-0.15, -0.1) is 0 Å². The van der Waals surface area contributed by atoms with Gasteiger partial charge in [0.05, 0.1) is 6.04 Å². The fraction of sp³-hybridized carbons (Fsp3) is 0.407. The van der Waals surface area contributed by atoms with Crippen LogP contribution in [0.15, 0.2) is 42.5 Å². The van der Waals surface area contributed by atoms with Crippen molar-refractivity contribution in [2.45, 2.75) is 56.7 Å². The van der Waals surface area contributed by atoms with Crippen molar-refractivity contribution >= 4 is 29.6 Å². The molecular formula is C27H29FN4O5. The quantitative estimate of drug-likeness (QED) is 0.638. The molecule has 9 nitrogen and oxygen atoms in total. The van der Waals surface area contributed by atoms with Gasteiger partial charge in [0.15, 0.2) is 0 Å². The summed E-state index contributed by atoms with van der Waals surface area (Å²) in [4.78, 5) is 54.3. The molecule has 3 aliphatic rings. The van der Waals surface area contributed by atoms with E-state index in [1.54, 1.807) is 35.2 Å². The maximum Gasteiger partial charge on any atom is 0.418 e. The Morgan fingerprint density at radius 1 is 1.14 bits per heavy atom. The van der Waals surface area contributed by atoms with Gasteiger partial charge in [-0.1, -0.05) is 25.1 Å². The molecule has 0 radical (unpaired) electrons. The van der Waals surface area contributed by atoms with Crippen molar-refractivity contribution < 1.29 is 28.3 Å². The minimum Gasteiger partial charge on any atom is -0.427 e. The van der Waals surface area contributed by atoms with Gasteiger partial charge in [0.2, 0.25) is 11.5 Å². The molecule has 2 aromatic carbocycles. The first-order valence-electron chi connectivity index (χ1n) is 12.5. The van der Waals surface area contributed by atoms with Crippen molar-refractivity contribution in [2.75, 3.05) is 18.9 Å². The number of rotatable bonds is 5. The van der Waals surface area contributed by atoms with E-state index >= 15 is 0 Å². The summed E-state index contributed by atoms with van der Waals surface area (Å²) >= 11 is 0. The largest absolute Gasteiger partial charge is 0.427 e. The highest BCUT2D eigenvalue weighted by Crippen LogP contribution is 2.46. The van der Waals surface area contributed by atoms with Crippen LogP contribution >= 0.6 is 0 Å². The molecule has 3 atom stereocenters. The Hall–Kier alpha value is -3.95. The molecular weight excluding hydrogens is 479 g/mol. The lowest BCUT2D eigenvalue weighted by molar-refractivity contribution is -0.143. The molecule has 5 rings (SSSR count). The summed E-state index contributed by atoms with van der Waals surface area (Å²) in [5.74, 6) is -1.25. The maximum atomic E-state index is 13.6. The Kier molecular flexibility index (Phi) is 6.35. The number of carbonyl (C=O) groups excluding carboxylic acids is 4. The molecule has 0 saturated carbocycles. The van der Waals surface area contributed by atoms with Crippen LogP contribution in [0.2, 0.25) is 0 Å². The topological polar surface area (TPSA) is 108 Å². The number of anilines is 1. The van der Waals surface area contributed by atoms with E-state index in [0.29, 0.717) is 17.7 Å². The minimum atomic E-state index is -1.47. The van der Waals surface area contributed by atoms with Gasteiger partial charge in [-0.2, -0.15) is 0 Å². The van der Waals surface area contributed by atoms with E-state index in [2.05, 4.69) is 10.6 Å². The van der Waals surface area contributed by atoms with Crippen molar-refractivity contribution in [3.8, 4) is 0 Å². The normalized spacial score (nSPS) is 24.4. The van der Waals surface area contributed by atoms with Crippen molar-refractivity contribution in [2.24, 2.45) is 0 Å². The number of nitrogens with zero attached hydrogens (tertiary/aromatic N) is 2. The average Bonchev–Trinajstić information content (AvgIpc) is 3.55. The van der Waals surface area contributed by atoms with Crippen molar-refractivity contribution in [3.63, 3.8) is 0 Å². The number of amides is 5. The molecule has 194 valence electrons. The number of urea groups is 1. The van der Waals surface area contributed by atoms with Crippen LogP contribution in [0.1, 0.15) is 55.3 Å². The smallest absolute Gasteiger partial charge is 0.418 e. The number of ether oxygens (including phenoxy) is 1. The third-order valence-electron chi connectivity index (χ3n) is 7.65. The monoisotopic (exact) mass is 508 g/mol. The number of halogens is 1. The number of imide groups is 1. The van der Waals surface area contributed by atoms with Gasteiger partial charge in [0, 0.05) is 30.8 Å². The van der Waals surface area contributed by atoms with Crippen LogP contribution in [-0.4, -0.2) is 53.4 Å². The van der Waals surface area contributed by atoms with E-state index in [9.17, 15) is 23.6 Å². The summed E-state index contributed by atoms with van der Waals surface area (Å²) in [6.07, 6.45) is 2.14. The average molecular weight is 509 g/mol. The summed E-state index contributed by atoms with van der Waals surface area (Å²) in [7, 11) is 1.51. The number of hydrogen-bond donors (Lipinski definition) is 2. The van der Waals surface area contributed by atoms with Gasteiger partial charge in [0.25, 0.3) is 5.91 Å². The predicted molar refractivity (Wildman–Crippen MR) is 132 cm³/mol. The molecule has 2 fully saturated rings. The number of benzene rings is 2. The van der Waals surface area contributed by atoms with Gasteiger partial charge in [-0.3, -0.25) is 9.59 Å². The molecule has 2 saturated heterocycles. The first-order chi connectivity index (χ1) is 17.8. The third-order valence-corrected chi connectivity index (χ3v) is 7.65.